The molecule has 2 aliphatic rings. The normalized spacial score (nSPS) is 20.9. The van der Waals surface area contributed by atoms with E-state index >= 15 is 0 Å². The van der Waals surface area contributed by atoms with Crippen molar-refractivity contribution in [1.82, 2.24) is 4.90 Å². The zero-order valence-electron chi connectivity index (χ0n) is 17.0. The first kappa shape index (κ1) is 20.0. The van der Waals surface area contributed by atoms with Crippen LogP contribution in [0.5, 0.6) is 0 Å². The Bertz CT molecular complexity index is 885. The molecule has 2 atom stereocenters. The van der Waals surface area contributed by atoms with E-state index in [4.69, 9.17) is 0 Å². The van der Waals surface area contributed by atoms with Gasteiger partial charge in [-0.1, -0.05) is 31.2 Å². The quantitative estimate of drug-likeness (QED) is 0.843. The Balaban J connectivity index is 1.52. The molecule has 0 saturated carbocycles. The number of hydrogen-bond donors (Lipinski definition) is 1. The Labute approximate surface area is 171 Å². The van der Waals surface area contributed by atoms with Gasteiger partial charge in [-0.25, -0.2) is 4.39 Å². The Morgan fingerprint density at radius 3 is 2.83 bits per heavy atom. The van der Waals surface area contributed by atoms with E-state index < -0.39 is 11.9 Å². The van der Waals surface area contributed by atoms with Gasteiger partial charge in [-0.05, 0) is 67.5 Å². The van der Waals surface area contributed by atoms with Crippen LogP contribution in [-0.4, -0.2) is 42.1 Å². The summed E-state index contributed by atoms with van der Waals surface area (Å²) >= 11 is 0. The minimum absolute atomic E-state index is 0.101. The van der Waals surface area contributed by atoms with Gasteiger partial charge in [-0.3, -0.25) is 4.79 Å². The number of carbonyl (C=O) groups excluding carboxylic acids is 1. The Morgan fingerprint density at radius 1 is 1.21 bits per heavy atom. The first-order valence-corrected chi connectivity index (χ1v) is 10.6. The molecule has 0 spiro atoms. The van der Waals surface area contributed by atoms with E-state index in [1.54, 1.807) is 17.0 Å². The van der Waals surface area contributed by atoms with Crippen LogP contribution in [0.4, 0.5) is 10.1 Å². The molecular weight excluding hydrogens is 367 g/mol. The third kappa shape index (κ3) is 4.36. The number of nitrogens with zero attached hydrogens (tertiary/aromatic N) is 2. The lowest BCUT2D eigenvalue weighted by atomic mass is 9.95. The summed E-state index contributed by atoms with van der Waals surface area (Å²) in [5, 5.41) is 10.8. The molecule has 154 valence electrons. The summed E-state index contributed by atoms with van der Waals surface area (Å²) in [7, 11) is 0. The van der Waals surface area contributed by atoms with E-state index in [2.05, 4.69) is 11.8 Å². The molecule has 2 aromatic rings. The van der Waals surface area contributed by atoms with Gasteiger partial charge in [-0.2, -0.15) is 0 Å². The standard InChI is InChI=1S/C24H29FN2O2/c1-17-6-4-12-26(15-17)16-23(28)19-10-11-22-18(14-19)7-5-13-27(22)24(29)20-8-2-3-9-21(20)25/h2-3,8-11,14,17,23,28H,4-7,12-13,15-16H2,1H3/t17-,23-/m1/s1. The summed E-state index contributed by atoms with van der Waals surface area (Å²) in [4.78, 5) is 16.9. The second-order valence-corrected chi connectivity index (χ2v) is 8.45. The van der Waals surface area contributed by atoms with Crippen LogP contribution in [0.2, 0.25) is 0 Å². The van der Waals surface area contributed by atoms with E-state index in [0.717, 1.165) is 42.7 Å². The van der Waals surface area contributed by atoms with E-state index in [1.165, 1.54) is 25.0 Å². The van der Waals surface area contributed by atoms with Gasteiger partial charge >= 0.3 is 0 Å². The number of piperidine rings is 1. The molecule has 2 aliphatic heterocycles. The van der Waals surface area contributed by atoms with Gasteiger partial charge in [0.15, 0.2) is 0 Å². The van der Waals surface area contributed by atoms with Crippen LogP contribution in [0.15, 0.2) is 42.5 Å². The SMILES string of the molecule is C[C@@H]1CCCN(C[C@@H](O)c2ccc3c(c2)CCCN3C(=O)c2ccccc2F)C1. The average molecular weight is 397 g/mol. The number of carbonyl (C=O) groups is 1. The predicted octanol–water partition coefficient (Wildman–Crippen LogP) is 4.18. The Kier molecular flexibility index (Phi) is 5.97. The number of aliphatic hydroxyl groups excluding tert-OH is 1. The fourth-order valence-electron chi connectivity index (χ4n) is 4.62. The molecule has 1 fully saturated rings. The minimum atomic E-state index is -0.539. The second-order valence-electron chi connectivity index (χ2n) is 8.45. The topological polar surface area (TPSA) is 43.8 Å². The molecule has 0 aliphatic carbocycles. The maximum absolute atomic E-state index is 14.1. The van der Waals surface area contributed by atoms with Crippen molar-refractivity contribution in [3.63, 3.8) is 0 Å². The van der Waals surface area contributed by atoms with Crippen molar-refractivity contribution in [3.8, 4) is 0 Å². The van der Waals surface area contributed by atoms with Gasteiger partial charge in [0.05, 0.1) is 11.7 Å². The zero-order chi connectivity index (χ0) is 20.4. The minimum Gasteiger partial charge on any atom is -0.387 e. The van der Waals surface area contributed by atoms with Crippen molar-refractivity contribution in [2.24, 2.45) is 5.92 Å². The molecule has 29 heavy (non-hydrogen) atoms. The zero-order valence-corrected chi connectivity index (χ0v) is 17.0. The van der Waals surface area contributed by atoms with E-state index in [-0.39, 0.29) is 11.5 Å². The largest absolute Gasteiger partial charge is 0.387 e. The summed E-state index contributed by atoms with van der Waals surface area (Å²) in [6.07, 6.45) is 3.60. The Hall–Kier alpha value is -2.24. The molecule has 2 heterocycles. The molecule has 2 aromatic carbocycles. The summed E-state index contributed by atoms with van der Waals surface area (Å²) in [6, 6.07) is 12.0. The van der Waals surface area contributed by atoms with Crippen LogP contribution < -0.4 is 4.90 Å². The van der Waals surface area contributed by atoms with Gasteiger partial charge in [0, 0.05) is 25.3 Å². The highest BCUT2D eigenvalue weighted by atomic mass is 19.1. The molecule has 1 amide bonds. The number of benzene rings is 2. The summed E-state index contributed by atoms with van der Waals surface area (Å²) in [5.41, 5.74) is 2.86. The summed E-state index contributed by atoms with van der Waals surface area (Å²) < 4.78 is 14.1. The molecule has 4 rings (SSSR count). The number of amides is 1. The van der Waals surface area contributed by atoms with Gasteiger partial charge in [0.25, 0.3) is 5.91 Å². The highest BCUT2D eigenvalue weighted by Gasteiger charge is 2.26. The fraction of sp³-hybridized carbons (Fsp3) is 0.458. The molecule has 0 aromatic heterocycles. The molecule has 1 saturated heterocycles. The summed E-state index contributed by atoms with van der Waals surface area (Å²) in [6.45, 7) is 5.55. The molecule has 4 nitrogen and oxygen atoms in total. The number of aliphatic hydroxyl groups is 1. The maximum atomic E-state index is 14.1. The molecule has 0 radical (unpaired) electrons. The van der Waals surface area contributed by atoms with Gasteiger partial charge in [0.2, 0.25) is 0 Å². The van der Waals surface area contributed by atoms with Crippen LogP contribution in [0.3, 0.4) is 0 Å². The van der Waals surface area contributed by atoms with Crippen LogP contribution in [0.25, 0.3) is 0 Å². The predicted molar refractivity (Wildman–Crippen MR) is 113 cm³/mol. The first-order valence-electron chi connectivity index (χ1n) is 10.6. The van der Waals surface area contributed by atoms with E-state index in [9.17, 15) is 14.3 Å². The van der Waals surface area contributed by atoms with Crippen molar-refractivity contribution < 1.29 is 14.3 Å². The maximum Gasteiger partial charge on any atom is 0.261 e. The lowest BCUT2D eigenvalue weighted by molar-refractivity contribution is 0.0875. The van der Waals surface area contributed by atoms with Crippen molar-refractivity contribution in [2.75, 3.05) is 31.1 Å². The van der Waals surface area contributed by atoms with Crippen molar-refractivity contribution in [2.45, 2.75) is 38.7 Å². The monoisotopic (exact) mass is 396 g/mol. The molecule has 1 N–H and O–H groups in total. The van der Waals surface area contributed by atoms with E-state index in [0.29, 0.717) is 19.0 Å². The number of hydrogen-bond acceptors (Lipinski definition) is 3. The number of halogens is 1. The third-order valence-electron chi connectivity index (χ3n) is 6.13. The van der Waals surface area contributed by atoms with Crippen molar-refractivity contribution >= 4 is 11.6 Å². The number of β-amino-alcohol motifs (C(OH)–C–C–N with tert-alkyl or cyclic N) is 1. The van der Waals surface area contributed by atoms with Gasteiger partial charge in [0.1, 0.15) is 5.82 Å². The molecule has 5 heteroatoms. The van der Waals surface area contributed by atoms with Crippen LogP contribution in [0, 0.1) is 11.7 Å². The number of fused-ring (bicyclic) bond motifs is 1. The summed E-state index contributed by atoms with van der Waals surface area (Å²) in [5.74, 6) is -0.121. The van der Waals surface area contributed by atoms with Gasteiger partial charge < -0.3 is 14.9 Å². The third-order valence-corrected chi connectivity index (χ3v) is 6.13. The van der Waals surface area contributed by atoms with E-state index in [1.807, 2.05) is 18.2 Å². The molecular formula is C24H29FN2O2. The second kappa shape index (κ2) is 8.64. The van der Waals surface area contributed by atoms with Crippen molar-refractivity contribution in [1.29, 1.82) is 0 Å². The lowest BCUT2D eigenvalue weighted by Crippen LogP contribution is -2.37. The smallest absolute Gasteiger partial charge is 0.261 e. The number of anilines is 1. The lowest BCUT2D eigenvalue weighted by Gasteiger charge is -2.33. The van der Waals surface area contributed by atoms with Crippen LogP contribution >= 0.6 is 0 Å². The first-order chi connectivity index (χ1) is 14.0. The fourth-order valence-corrected chi connectivity index (χ4v) is 4.62. The highest BCUT2D eigenvalue weighted by molar-refractivity contribution is 6.06. The van der Waals surface area contributed by atoms with Gasteiger partial charge in [-0.15, -0.1) is 0 Å². The molecule has 0 bridgehead atoms. The number of rotatable bonds is 4. The van der Waals surface area contributed by atoms with Crippen LogP contribution in [0.1, 0.15) is 53.8 Å². The Morgan fingerprint density at radius 2 is 2.03 bits per heavy atom. The highest BCUT2D eigenvalue weighted by Crippen LogP contribution is 2.32. The number of aryl methyl sites for hydroxylation is 1. The number of likely N-dealkylation sites (tertiary alicyclic amines) is 1. The molecule has 0 unspecified atom stereocenters. The average Bonchev–Trinajstić information content (AvgIpc) is 2.73. The van der Waals surface area contributed by atoms with Crippen LogP contribution in [-0.2, 0) is 6.42 Å². The van der Waals surface area contributed by atoms with Crippen molar-refractivity contribution in [3.05, 3.63) is 65.0 Å².